The van der Waals surface area contributed by atoms with E-state index < -0.39 is 0 Å². The van der Waals surface area contributed by atoms with Crippen molar-refractivity contribution in [1.29, 1.82) is 0 Å². The number of H-pyrrole nitrogens is 1. The topological polar surface area (TPSA) is 66.0 Å². The van der Waals surface area contributed by atoms with Crippen LogP contribution >= 0.6 is 0 Å². The molecule has 2 N–H and O–H groups in total. The molecule has 1 saturated heterocycles. The van der Waals surface area contributed by atoms with E-state index in [0.29, 0.717) is 27.5 Å². The summed E-state index contributed by atoms with van der Waals surface area (Å²) in [6.07, 6.45) is 2.54. The van der Waals surface area contributed by atoms with Gasteiger partial charge in [0.25, 0.3) is 5.56 Å². The number of nitrogens with zero attached hydrogens (tertiary/aromatic N) is 3. The van der Waals surface area contributed by atoms with Crippen LogP contribution in [0.1, 0.15) is 6.42 Å². The standard InChI is InChI=1S/C21H20FN5O/c22-17-11-15-18(12-19(17)26-9-4-7-23-8-10-26)24-13-16-20(15)25-27(21(16)28)14-5-2-1-3-6-14/h1-3,5-6,11-13,23,25H,4,7-10H2. The van der Waals surface area contributed by atoms with Crippen molar-refractivity contribution in [2.75, 3.05) is 31.1 Å². The summed E-state index contributed by atoms with van der Waals surface area (Å²) < 4.78 is 16.5. The van der Waals surface area contributed by atoms with Gasteiger partial charge in [0.2, 0.25) is 0 Å². The SMILES string of the molecule is O=c1c2cnc3cc(N4CCCNCC4)c(F)cc3c2[nH]n1-c1ccccc1. The Hall–Kier alpha value is -3.19. The largest absolute Gasteiger partial charge is 0.368 e. The van der Waals surface area contributed by atoms with Gasteiger partial charge < -0.3 is 10.2 Å². The Bertz CT molecular complexity index is 1210. The zero-order valence-corrected chi connectivity index (χ0v) is 15.3. The van der Waals surface area contributed by atoms with Gasteiger partial charge >= 0.3 is 0 Å². The van der Waals surface area contributed by atoms with Gasteiger partial charge in [-0.3, -0.25) is 14.9 Å². The molecule has 1 aliphatic heterocycles. The van der Waals surface area contributed by atoms with E-state index >= 15 is 4.39 Å². The number of aromatic nitrogens is 3. The van der Waals surface area contributed by atoms with Crippen molar-refractivity contribution in [3.8, 4) is 5.69 Å². The number of hydrogen-bond donors (Lipinski definition) is 2. The summed E-state index contributed by atoms with van der Waals surface area (Å²) in [6, 6.07) is 12.6. The highest BCUT2D eigenvalue weighted by Crippen LogP contribution is 2.29. The summed E-state index contributed by atoms with van der Waals surface area (Å²) in [5.74, 6) is -0.294. The third-order valence-corrected chi connectivity index (χ3v) is 5.29. The monoisotopic (exact) mass is 377 g/mol. The van der Waals surface area contributed by atoms with E-state index in [1.807, 2.05) is 30.3 Å². The lowest BCUT2D eigenvalue weighted by atomic mass is 10.1. The molecule has 5 rings (SSSR count). The van der Waals surface area contributed by atoms with Crippen LogP contribution in [-0.4, -0.2) is 40.9 Å². The molecule has 0 amide bonds. The summed E-state index contributed by atoms with van der Waals surface area (Å²) in [7, 11) is 0. The zero-order valence-electron chi connectivity index (χ0n) is 15.3. The van der Waals surface area contributed by atoms with Crippen LogP contribution in [0, 0.1) is 5.82 Å². The van der Waals surface area contributed by atoms with Crippen LogP contribution in [0.25, 0.3) is 27.5 Å². The predicted octanol–water partition coefficient (Wildman–Crippen LogP) is 2.81. The van der Waals surface area contributed by atoms with Crippen LogP contribution in [0.4, 0.5) is 10.1 Å². The number of anilines is 1. The second-order valence-corrected chi connectivity index (χ2v) is 7.05. The average molecular weight is 377 g/mol. The highest BCUT2D eigenvalue weighted by Gasteiger charge is 2.18. The maximum Gasteiger partial charge on any atom is 0.280 e. The third kappa shape index (κ3) is 2.75. The molecular weight excluding hydrogens is 357 g/mol. The number of rotatable bonds is 2. The smallest absolute Gasteiger partial charge is 0.280 e. The summed E-state index contributed by atoms with van der Waals surface area (Å²) in [5, 5.41) is 7.52. The molecule has 6 nitrogen and oxygen atoms in total. The molecular formula is C21H20FN5O. The Morgan fingerprint density at radius 1 is 1.04 bits per heavy atom. The van der Waals surface area contributed by atoms with Crippen LogP contribution in [0.15, 0.2) is 53.5 Å². The molecule has 0 bridgehead atoms. The summed E-state index contributed by atoms with van der Waals surface area (Å²) in [6.45, 7) is 3.33. The maximum absolute atomic E-state index is 15.0. The fourth-order valence-corrected chi connectivity index (χ4v) is 3.86. The molecule has 0 saturated carbocycles. The number of fused-ring (bicyclic) bond motifs is 3. The fourth-order valence-electron chi connectivity index (χ4n) is 3.86. The van der Waals surface area contributed by atoms with Gasteiger partial charge in [0.05, 0.1) is 27.8 Å². The molecule has 4 aromatic rings. The van der Waals surface area contributed by atoms with E-state index in [1.54, 1.807) is 12.3 Å². The lowest BCUT2D eigenvalue weighted by molar-refractivity contribution is 0.620. The van der Waals surface area contributed by atoms with Gasteiger partial charge in [-0.25, -0.2) is 9.07 Å². The van der Waals surface area contributed by atoms with Crippen LogP contribution in [0.5, 0.6) is 0 Å². The summed E-state index contributed by atoms with van der Waals surface area (Å²) >= 11 is 0. The molecule has 2 aromatic heterocycles. The van der Waals surface area contributed by atoms with E-state index in [4.69, 9.17) is 0 Å². The fraction of sp³-hybridized carbons (Fsp3) is 0.238. The Balaban J connectivity index is 1.68. The first-order valence-electron chi connectivity index (χ1n) is 9.46. The van der Waals surface area contributed by atoms with E-state index in [0.717, 1.165) is 38.3 Å². The Morgan fingerprint density at radius 3 is 2.75 bits per heavy atom. The van der Waals surface area contributed by atoms with Gasteiger partial charge in [-0.2, -0.15) is 0 Å². The maximum atomic E-state index is 15.0. The quantitative estimate of drug-likeness (QED) is 0.564. The van der Waals surface area contributed by atoms with E-state index in [-0.39, 0.29) is 11.4 Å². The minimum absolute atomic E-state index is 0.196. The third-order valence-electron chi connectivity index (χ3n) is 5.29. The summed E-state index contributed by atoms with van der Waals surface area (Å²) in [4.78, 5) is 19.3. The molecule has 7 heteroatoms. The van der Waals surface area contributed by atoms with Crippen molar-refractivity contribution in [3.63, 3.8) is 0 Å². The van der Waals surface area contributed by atoms with Crippen molar-refractivity contribution in [2.45, 2.75) is 6.42 Å². The number of nitrogens with one attached hydrogen (secondary N) is 2. The van der Waals surface area contributed by atoms with Crippen molar-refractivity contribution < 1.29 is 4.39 Å². The highest BCUT2D eigenvalue weighted by molar-refractivity contribution is 6.03. The van der Waals surface area contributed by atoms with E-state index in [9.17, 15) is 4.79 Å². The van der Waals surface area contributed by atoms with Crippen LogP contribution < -0.4 is 15.8 Å². The molecule has 2 aromatic carbocycles. The van der Waals surface area contributed by atoms with Gasteiger partial charge in [-0.15, -0.1) is 0 Å². The number of para-hydroxylation sites is 1. The predicted molar refractivity (Wildman–Crippen MR) is 109 cm³/mol. The van der Waals surface area contributed by atoms with Crippen molar-refractivity contribution >= 4 is 27.5 Å². The van der Waals surface area contributed by atoms with Gasteiger partial charge in [0.15, 0.2) is 0 Å². The summed E-state index contributed by atoms with van der Waals surface area (Å²) in [5.41, 5.74) is 2.36. The lowest BCUT2D eigenvalue weighted by Crippen LogP contribution is -2.28. The molecule has 0 aliphatic carbocycles. The second kappa shape index (κ2) is 6.76. The van der Waals surface area contributed by atoms with Crippen molar-refractivity contribution in [1.82, 2.24) is 20.1 Å². The number of hydrogen-bond acceptors (Lipinski definition) is 4. The molecule has 1 fully saturated rings. The van der Waals surface area contributed by atoms with Crippen molar-refractivity contribution in [3.05, 3.63) is 64.8 Å². The number of pyridine rings is 1. The van der Waals surface area contributed by atoms with E-state index in [1.165, 1.54) is 10.7 Å². The van der Waals surface area contributed by atoms with Crippen LogP contribution in [0.2, 0.25) is 0 Å². The van der Waals surface area contributed by atoms with Gasteiger partial charge in [0, 0.05) is 31.2 Å². The van der Waals surface area contributed by atoms with Crippen molar-refractivity contribution in [2.24, 2.45) is 0 Å². The molecule has 0 radical (unpaired) electrons. The molecule has 28 heavy (non-hydrogen) atoms. The lowest BCUT2D eigenvalue weighted by Gasteiger charge is -2.23. The number of aromatic amines is 1. The average Bonchev–Trinajstić information content (AvgIpc) is 2.89. The minimum atomic E-state index is -0.294. The zero-order chi connectivity index (χ0) is 19.1. The van der Waals surface area contributed by atoms with Gasteiger partial charge in [-0.1, -0.05) is 18.2 Å². The first-order valence-corrected chi connectivity index (χ1v) is 9.46. The minimum Gasteiger partial charge on any atom is -0.368 e. The first-order chi connectivity index (χ1) is 13.7. The number of benzene rings is 2. The highest BCUT2D eigenvalue weighted by atomic mass is 19.1. The van der Waals surface area contributed by atoms with E-state index in [2.05, 4.69) is 20.3 Å². The Kier molecular flexibility index (Phi) is 4.09. The number of halogens is 1. The normalized spacial score (nSPS) is 15.2. The molecule has 3 heterocycles. The van der Waals surface area contributed by atoms with Crippen LogP contribution in [0.3, 0.4) is 0 Å². The molecule has 0 spiro atoms. The first kappa shape index (κ1) is 16.9. The Morgan fingerprint density at radius 2 is 1.89 bits per heavy atom. The molecule has 0 unspecified atom stereocenters. The molecule has 1 aliphatic rings. The molecule has 142 valence electrons. The second-order valence-electron chi connectivity index (χ2n) is 7.05. The Labute approximate surface area is 160 Å². The van der Waals surface area contributed by atoms with Gasteiger partial charge in [-0.05, 0) is 37.2 Å². The van der Waals surface area contributed by atoms with Gasteiger partial charge in [0.1, 0.15) is 5.82 Å². The van der Waals surface area contributed by atoms with Crippen LogP contribution in [-0.2, 0) is 0 Å². The molecule has 0 atom stereocenters.